The number of rotatable bonds is 4. The smallest absolute Gasteiger partial charge is 0.238 e. The number of fused-ring (bicyclic) bond motifs is 13. The third-order valence-electron chi connectivity index (χ3n) is 11.6. The Morgan fingerprint density at radius 2 is 0.879 bits per heavy atom. The zero-order valence-electron chi connectivity index (χ0n) is 30.8. The van der Waals surface area contributed by atoms with Crippen LogP contribution in [0.5, 0.6) is 0 Å². The standard InChI is InChI=1S/C51H29N5S2/c1-2-14-30(15-3-1)55-40-23-8-4-16-31(40)34-28-29-35-32-17-5-9-24-41(32)56(47(35)46(34)55)51-53-49(38-21-13-27-44-45(38)37-19-7-11-26-43(37)57-44)52-50(54-51)39-22-12-20-36-33-18-6-10-25-42(33)58-48(36)39/h1-29H. The maximum atomic E-state index is 5.53. The van der Waals surface area contributed by atoms with Crippen LogP contribution in [0.15, 0.2) is 176 Å². The third kappa shape index (κ3) is 4.48. The first kappa shape index (κ1) is 32.0. The van der Waals surface area contributed by atoms with Crippen molar-refractivity contribution in [2.75, 3.05) is 0 Å². The first-order valence-electron chi connectivity index (χ1n) is 19.4. The van der Waals surface area contributed by atoms with Gasteiger partial charge in [-0.3, -0.25) is 4.57 Å². The lowest BCUT2D eigenvalue weighted by atomic mass is 10.1. The fourth-order valence-electron chi connectivity index (χ4n) is 9.14. The molecule has 13 rings (SSSR count). The van der Waals surface area contributed by atoms with Crippen LogP contribution in [0, 0.1) is 0 Å². The van der Waals surface area contributed by atoms with Gasteiger partial charge in [-0.25, -0.2) is 4.98 Å². The fraction of sp³-hybridized carbons (Fsp3) is 0. The van der Waals surface area contributed by atoms with Gasteiger partial charge in [0.2, 0.25) is 5.95 Å². The molecule has 0 aliphatic heterocycles. The van der Waals surface area contributed by atoms with Crippen LogP contribution < -0.4 is 0 Å². The average Bonchev–Trinajstić information content (AvgIpc) is 4.04. The van der Waals surface area contributed by atoms with E-state index in [1.54, 1.807) is 22.7 Å². The van der Waals surface area contributed by atoms with E-state index in [0.717, 1.165) is 49.7 Å². The van der Waals surface area contributed by atoms with E-state index in [-0.39, 0.29) is 0 Å². The molecule has 7 heteroatoms. The summed E-state index contributed by atoms with van der Waals surface area (Å²) in [6.07, 6.45) is 0. The van der Waals surface area contributed by atoms with Gasteiger partial charge < -0.3 is 4.57 Å². The van der Waals surface area contributed by atoms with E-state index >= 15 is 0 Å². The number of nitrogens with zero attached hydrogens (tertiary/aromatic N) is 5. The number of aromatic nitrogens is 5. The average molecular weight is 776 g/mol. The molecule has 0 saturated carbocycles. The van der Waals surface area contributed by atoms with Crippen molar-refractivity contribution in [2.45, 2.75) is 0 Å². The lowest BCUT2D eigenvalue weighted by molar-refractivity contribution is 0.955. The van der Waals surface area contributed by atoms with Crippen LogP contribution in [0.3, 0.4) is 0 Å². The predicted molar refractivity (Wildman–Crippen MR) is 245 cm³/mol. The van der Waals surface area contributed by atoms with Crippen molar-refractivity contribution in [3.05, 3.63) is 176 Å². The Labute approximate surface area is 339 Å². The minimum absolute atomic E-state index is 0.582. The Kier molecular flexibility index (Phi) is 6.70. The molecule has 0 spiro atoms. The number of para-hydroxylation sites is 3. The van der Waals surface area contributed by atoms with Gasteiger partial charge in [0.1, 0.15) is 0 Å². The summed E-state index contributed by atoms with van der Waals surface area (Å²) in [7, 11) is 0. The highest BCUT2D eigenvalue weighted by atomic mass is 32.1. The van der Waals surface area contributed by atoms with Crippen LogP contribution in [0.4, 0.5) is 0 Å². The first-order chi connectivity index (χ1) is 28.8. The molecule has 0 atom stereocenters. The van der Waals surface area contributed by atoms with Crippen molar-refractivity contribution >= 4 is 107 Å². The molecular formula is C51H29N5S2. The Hall–Kier alpha value is -7.19. The summed E-state index contributed by atoms with van der Waals surface area (Å²) in [5.74, 6) is 1.88. The maximum Gasteiger partial charge on any atom is 0.238 e. The van der Waals surface area contributed by atoms with Crippen molar-refractivity contribution in [2.24, 2.45) is 0 Å². The number of hydrogen-bond acceptors (Lipinski definition) is 5. The molecular weight excluding hydrogens is 747 g/mol. The Morgan fingerprint density at radius 1 is 0.345 bits per heavy atom. The molecule has 0 amide bonds. The van der Waals surface area contributed by atoms with E-state index in [0.29, 0.717) is 17.6 Å². The molecule has 0 aliphatic carbocycles. The molecule has 0 radical (unpaired) electrons. The Balaban J connectivity index is 1.20. The van der Waals surface area contributed by atoms with E-state index in [1.807, 2.05) is 0 Å². The highest BCUT2D eigenvalue weighted by molar-refractivity contribution is 7.26. The van der Waals surface area contributed by atoms with Crippen molar-refractivity contribution in [1.82, 2.24) is 24.1 Å². The summed E-state index contributed by atoms with van der Waals surface area (Å²) in [4.78, 5) is 16.5. The summed E-state index contributed by atoms with van der Waals surface area (Å²) in [6, 6.07) is 62.9. The predicted octanol–water partition coefficient (Wildman–Crippen LogP) is 14.1. The zero-order valence-corrected chi connectivity index (χ0v) is 32.4. The fourth-order valence-corrected chi connectivity index (χ4v) is 11.5. The summed E-state index contributed by atoms with van der Waals surface area (Å²) in [6.45, 7) is 0. The van der Waals surface area contributed by atoms with E-state index in [1.165, 1.54) is 51.1 Å². The van der Waals surface area contributed by atoms with Gasteiger partial charge in [-0.15, -0.1) is 22.7 Å². The van der Waals surface area contributed by atoms with Gasteiger partial charge in [0.15, 0.2) is 11.6 Å². The van der Waals surface area contributed by atoms with Gasteiger partial charge in [0, 0.05) is 78.7 Å². The first-order valence-corrected chi connectivity index (χ1v) is 21.0. The highest BCUT2D eigenvalue weighted by Crippen LogP contribution is 2.44. The van der Waals surface area contributed by atoms with Gasteiger partial charge in [-0.2, -0.15) is 9.97 Å². The molecule has 0 unspecified atom stereocenters. The molecule has 5 nitrogen and oxygen atoms in total. The van der Waals surface area contributed by atoms with Crippen LogP contribution in [0.1, 0.15) is 0 Å². The summed E-state index contributed by atoms with van der Waals surface area (Å²) in [5, 5.41) is 9.48. The molecule has 13 aromatic rings. The van der Waals surface area contributed by atoms with Crippen molar-refractivity contribution < 1.29 is 0 Å². The van der Waals surface area contributed by atoms with Crippen LogP contribution in [0.25, 0.3) is 118 Å². The minimum Gasteiger partial charge on any atom is -0.307 e. The van der Waals surface area contributed by atoms with E-state index in [4.69, 9.17) is 15.0 Å². The summed E-state index contributed by atoms with van der Waals surface area (Å²) >= 11 is 3.60. The van der Waals surface area contributed by atoms with Gasteiger partial charge in [0.05, 0.1) is 22.1 Å². The maximum absolute atomic E-state index is 5.53. The molecule has 270 valence electrons. The van der Waals surface area contributed by atoms with Gasteiger partial charge in [-0.1, -0.05) is 127 Å². The second kappa shape index (κ2) is 12.2. The number of hydrogen-bond donors (Lipinski definition) is 0. The molecule has 0 fully saturated rings. The van der Waals surface area contributed by atoms with Crippen molar-refractivity contribution in [3.63, 3.8) is 0 Å². The van der Waals surface area contributed by atoms with Crippen molar-refractivity contribution in [3.8, 4) is 34.4 Å². The zero-order chi connectivity index (χ0) is 37.9. The summed E-state index contributed by atoms with van der Waals surface area (Å²) < 4.78 is 9.55. The normalized spacial score (nSPS) is 12.1. The largest absolute Gasteiger partial charge is 0.307 e. The molecule has 0 aliphatic rings. The quantitative estimate of drug-likeness (QED) is 0.179. The monoisotopic (exact) mass is 775 g/mol. The molecule has 58 heavy (non-hydrogen) atoms. The number of thiophene rings is 2. The SMILES string of the molecule is c1ccc(-n2c3ccccc3c3ccc4c5ccccc5n(-c5nc(-c6cccc7c6sc6ccccc67)nc(-c6cccc7sc8ccccc8c67)n5)c4c32)cc1. The molecule has 5 heterocycles. The van der Waals surface area contributed by atoms with Gasteiger partial charge in [-0.05, 0) is 48.5 Å². The Bertz CT molecular complexity index is 3810. The van der Waals surface area contributed by atoms with Crippen LogP contribution >= 0.6 is 22.7 Å². The van der Waals surface area contributed by atoms with Gasteiger partial charge >= 0.3 is 0 Å². The minimum atomic E-state index is 0.582. The van der Waals surface area contributed by atoms with Crippen LogP contribution in [-0.2, 0) is 0 Å². The molecule has 5 aromatic heterocycles. The molecule has 0 bridgehead atoms. The van der Waals surface area contributed by atoms with E-state index < -0.39 is 0 Å². The second-order valence-electron chi connectivity index (χ2n) is 14.7. The lowest BCUT2D eigenvalue weighted by Crippen LogP contribution is -2.07. The topological polar surface area (TPSA) is 48.5 Å². The Morgan fingerprint density at radius 3 is 1.64 bits per heavy atom. The van der Waals surface area contributed by atoms with Crippen molar-refractivity contribution in [1.29, 1.82) is 0 Å². The molecule has 0 N–H and O–H groups in total. The number of benzene rings is 8. The van der Waals surface area contributed by atoms with Gasteiger partial charge in [0.25, 0.3) is 0 Å². The second-order valence-corrected chi connectivity index (χ2v) is 16.9. The highest BCUT2D eigenvalue weighted by Gasteiger charge is 2.25. The van der Waals surface area contributed by atoms with Crippen LogP contribution in [0.2, 0.25) is 0 Å². The summed E-state index contributed by atoms with van der Waals surface area (Å²) in [5.41, 5.74) is 7.45. The van der Waals surface area contributed by atoms with E-state index in [9.17, 15) is 0 Å². The lowest BCUT2D eigenvalue weighted by Gasteiger charge is -2.14. The van der Waals surface area contributed by atoms with Crippen LogP contribution in [-0.4, -0.2) is 24.1 Å². The van der Waals surface area contributed by atoms with E-state index in [2.05, 4.69) is 185 Å². The molecule has 8 aromatic carbocycles. The third-order valence-corrected chi connectivity index (χ3v) is 14.0. The molecule has 0 saturated heterocycles.